The quantitative estimate of drug-likeness (QED) is 0.288. The minimum Gasteiger partial charge on any atom is -0.323 e. The third kappa shape index (κ3) is 1.64. The van der Waals surface area contributed by atoms with Gasteiger partial charge in [-0.1, -0.05) is 30.3 Å². The molecule has 3 nitrogen and oxygen atoms in total. The van der Waals surface area contributed by atoms with Crippen LogP contribution in [0.15, 0.2) is 35.4 Å². The van der Waals surface area contributed by atoms with Crippen LogP contribution in [-0.2, 0) is 4.79 Å². The van der Waals surface area contributed by atoms with Crippen LogP contribution in [0.2, 0.25) is 0 Å². The molecule has 0 amide bonds. The van der Waals surface area contributed by atoms with Gasteiger partial charge in [-0.15, -0.1) is 0 Å². The molecule has 0 aliphatic heterocycles. The van der Waals surface area contributed by atoms with E-state index in [1.165, 1.54) is 0 Å². The first-order chi connectivity index (χ1) is 5.38. The lowest BCUT2D eigenvalue weighted by Gasteiger charge is -1.94. The van der Waals surface area contributed by atoms with Crippen LogP contribution in [0.4, 0.5) is 0 Å². The zero-order chi connectivity index (χ0) is 8.10. The lowest BCUT2D eigenvalue weighted by atomic mass is 10.1. The van der Waals surface area contributed by atoms with E-state index in [1.807, 2.05) is 18.2 Å². The van der Waals surface area contributed by atoms with Gasteiger partial charge in [0.25, 0.3) is 0 Å². The molecule has 0 bridgehead atoms. The van der Waals surface area contributed by atoms with Crippen LogP contribution >= 0.6 is 0 Å². The van der Waals surface area contributed by atoms with Crippen molar-refractivity contribution in [3.63, 3.8) is 0 Å². The number of benzene rings is 1. The number of carbonyl (C=O) groups excluding carboxylic acids is 1. The van der Waals surface area contributed by atoms with Crippen molar-refractivity contribution in [1.29, 1.82) is 0 Å². The van der Waals surface area contributed by atoms with Gasteiger partial charge in [-0.25, -0.2) is 0 Å². The average Bonchev–Trinajstić information content (AvgIpc) is 2.09. The van der Waals surface area contributed by atoms with Crippen LogP contribution < -0.4 is 5.84 Å². The Balaban J connectivity index is 3.01. The van der Waals surface area contributed by atoms with E-state index in [1.54, 1.807) is 12.1 Å². The molecule has 0 unspecified atom stereocenters. The minimum atomic E-state index is 0.269. The maximum atomic E-state index is 10.3. The SMILES string of the molecule is NN=C(C=O)c1ccccc1. The van der Waals surface area contributed by atoms with Crippen molar-refractivity contribution in [3.8, 4) is 0 Å². The van der Waals surface area contributed by atoms with E-state index in [0.717, 1.165) is 5.56 Å². The maximum absolute atomic E-state index is 10.3. The summed E-state index contributed by atoms with van der Waals surface area (Å²) in [4.78, 5) is 10.3. The highest BCUT2D eigenvalue weighted by Gasteiger charge is 1.97. The van der Waals surface area contributed by atoms with E-state index in [0.29, 0.717) is 6.29 Å². The van der Waals surface area contributed by atoms with Gasteiger partial charge in [-0.2, -0.15) is 5.10 Å². The fraction of sp³-hybridized carbons (Fsp3) is 0. The Kier molecular flexibility index (Phi) is 2.38. The Bertz CT molecular complexity index is 267. The van der Waals surface area contributed by atoms with Gasteiger partial charge in [-0.05, 0) is 0 Å². The molecule has 1 aromatic carbocycles. The Morgan fingerprint density at radius 2 is 2.00 bits per heavy atom. The summed E-state index contributed by atoms with van der Waals surface area (Å²) in [5.74, 6) is 4.97. The standard InChI is InChI=1S/C8H8N2O/c9-10-8(6-11)7-4-2-1-3-5-7/h1-6H,9H2. The van der Waals surface area contributed by atoms with Gasteiger partial charge in [0, 0.05) is 5.56 Å². The van der Waals surface area contributed by atoms with Gasteiger partial charge in [0.1, 0.15) is 5.71 Å². The van der Waals surface area contributed by atoms with Gasteiger partial charge in [0.15, 0.2) is 6.29 Å². The van der Waals surface area contributed by atoms with Crippen molar-refractivity contribution >= 4 is 12.0 Å². The van der Waals surface area contributed by atoms with Crippen molar-refractivity contribution in [2.45, 2.75) is 0 Å². The summed E-state index contributed by atoms with van der Waals surface area (Å²) < 4.78 is 0. The van der Waals surface area contributed by atoms with Crippen LogP contribution in [0.1, 0.15) is 5.56 Å². The number of hydrogen-bond acceptors (Lipinski definition) is 3. The summed E-state index contributed by atoms with van der Waals surface area (Å²) in [6, 6.07) is 9.07. The molecule has 0 saturated carbocycles. The summed E-state index contributed by atoms with van der Waals surface area (Å²) >= 11 is 0. The molecule has 0 heterocycles. The molecule has 56 valence electrons. The molecule has 0 aliphatic carbocycles. The Hall–Kier alpha value is -1.64. The van der Waals surface area contributed by atoms with Crippen molar-refractivity contribution in [1.82, 2.24) is 0 Å². The molecular weight excluding hydrogens is 140 g/mol. The highest BCUT2D eigenvalue weighted by molar-refractivity contribution is 6.36. The first kappa shape index (κ1) is 7.47. The molecule has 0 aliphatic rings. The van der Waals surface area contributed by atoms with Crippen LogP contribution in [0, 0.1) is 0 Å². The molecule has 2 N–H and O–H groups in total. The van der Waals surface area contributed by atoms with Gasteiger partial charge in [-0.3, -0.25) is 4.79 Å². The smallest absolute Gasteiger partial charge is 0.170 e. The molecule has 0 radical (unpaired) electrons. The first-order valence-corrected chi connectivity index (χ1v) is 3.17. The second-order valence-electron chi connectivity index (χ2n) is 2.00. The van der Waals surface area contributed by atoms with Crippen molar-refractivity contribution in [3.05, 3.63) is 35.9 Å². The van der Waals surface area contributed by atoms with Crippen molar-refractivity contribution in [2.24, 2.45) is 10.9 Å². The molecule has 0 fully saturated rings. The zero-order valence-electron chi connectivity index (χ0n) is 5.90. The van der Waals surface area contributed by atoms with E-state index in [4.69, 9.17) is 5.84 Å². The second-order valence-corrected chi connectivity index (χ2v) is 2.00. The lowest BCUT2D eigenvalue weighted by Crippen LogP contribution is -2.04. The second kappa shape index (κ2) is 3.51. The third-order valence-electron chi connectivity index (χ3n) is 1.32. The molecule has 0 atom stereocenters. The summed E-state index contributed by atoms with van der Waals surface area (Å²) in [6.07, 6.45) is 0.634. The van der Waals surface area contributed by atoms with Gasteiger partial charge >= 0.3 is 0 Å². The number of rotatable bonds is 2. The highest BCUT2D eigenvalue weighted by Crippen LogP contribution is 1.97. The number of carbonyl (C=O) groups is 1. The molecular formula is C8H8N2O. The third-order valence-corrected chi connectivity index (χ3v) is 1.32. The maximum Gasteiger partial charge on any atom is 0.170 e. The number of hydrazone groups is 1. The van der Waals surface area contributed by atoms with E-state index in [-0.39, 0.29) is 5.71 Å². The number of aldehydes is 1. The fourth-order valence-electron chi connectivity index (χ4n) is 0.782. The van der Waals surface area contributed by atoms with Crippen LogP contribution in [-0.4, -0.2) is 12.0 Å². The molecule has 11 heavy (non-hydrogen) atoms. The van der Waals surface area contributed by atoms with Crippen LogP contribution in [0.3, 0.4) is 0 Å². The molecule has 0 aromatic heterocycles. The average molecular weight is 148 g/mol. The Labute approximate surface area is 64.5 Å². The molecule has 1 rings (SSSR count). The largest absolute Gasteiger partial charge is 0.323 e. The first-order valence-electron chi connectivity index (χ1n) is 3.17. The van der Waals surface area contributed by atoms with E-state index >= 15 is 0 Å². The highest BCUT2D eigenvalue weighted by atomic mass is 16.1. The lowest BCUT2D eigenvalue weighted by molar-refractivity contribution is -0.102. The number of nitrogens with zero attached hydrogens (tertiary/aromatic N) is 1. The fourth-order valence-corrected chi connectivity index (χ4v) is 0.782. The van der Waals surface area contributed by atoms with E-state index in [9.17, 15) is 4.79 Å². The normalized spacial score (nSPS) is 11.1. The zero-order valence-corrected chi connectivity index (χ0v) is 5.90. The van der Waals surface area contributed by atoms with Gasteiger partial charge in [0.05, 0.1) is 0 Å². The monoisotopic (exact) mass is 148 g/mol. The van der Waals surface area contributed by atoms with Gasteiger partial charge in [0.2, 0.25) is 0 Å². The van der Waals surface area contributed by atoms with Crippen LogP contribution in [0.5, 0.6) is 0 Å². The summed E-state index contributed by atoms with van der Waals surface area (Å²) in [5.41, 5.74) is 1.01. The van der Waals surface area contributed by atoms with E-state index < -0.39 is 0 Å². The number of nitrogens with two attached hydrogens (primary N) is 1. The predicted octanol–water partition coefficient (Wildman–Crippen LogP) is 0.548. The Morgan fingerprint density at radius 1 is 1.36 bits per heavy atom. The summed E-state index contributed by atoms with van der Waals surface area (Å²) in [7, 11) is 0. The van der Waals surface area contributed by atoms with Crippen molar-refractivity contribution < 1.29 is 4.79 Å². The number of hydrogen-bond donors (Lipinski definition) is 1. The Morgan fingerprint density at radius 3 is 2.45 bits per heavy atom. The molecule has 1 aromatic rings. The van der Waals surface area contributed by atoms with Crippen molar-refractivity contribution in [2.75, 3.05) is 0 Å². The predicted molar refractivity (Wildman–Crippen MR) is 43.2 cm³/mol. The topological polar surface area (TPSA) is 55.4 Å². The van der Waals surface area contributed by atoms with Crippen LogP contribution in [0.25, 0.3) is 0 Å². The van der Waals surface area contributed by atoms with Gasteiger partial charge < -0.3 is 5.84 Å². The molecule has 0 saturated heterocycles. The molecule has 3 heteroatoms. The summed E-state index contributed by atoms with van der Waals surface area (Å²) in [5, 5.41) is 3.33. The molecule has 0 spiro atoms. The minimum absolute atomic E-state index is 0.269. The summed E-state index contributed by atoms with van der Waals surface area (Å²) in [6.45, 7) is 0. The van der Waals surface area contributed by atoms with E-state index in [2.05, 4.69) is 5.10 Å².